The third-order valence-corrected chi connectivity index (χ3v) is 8.10. The number of benzene rings is 3. The van der Waals surface area contributed by atoms with Crippen molar-refractivity contribution >= 4 is 46.5 Å². The van der Waals surface area contributed by atoms with Crippen molar-refractivity contribution in [2.45, 2.75) is 32.4 Å². The number of hydrogen-bond donors (Lipinski definition) is 1. The zero-order chi connectivity index (χ0) is 28.3. The summed E-state index contributed by atoms with van der Waals surface area (Å²) in [6.45, 7) is 6.64. The number of aryl methyl sites for hydroxylation is 1. The minimum absolute atomic E-state index is 0. The lowest BCUT2D eigenvalue weighted by Crippen LogP contribution is -2.45. The first-order valence-corrected chi connectivity index (χ1v) is 14.0. The van der Waals surface area contributed by atoms with E-state index in [1.165, 1.54) is 17.7 Å². The Kier molecular flexibility index (Phi) is 10.5. The number of rotatable bonds is 9. The van der Waals surface area contributed by atoms with Gasteiger partial charge < -0.3 is 15.0 Å². The highest BCUT2D eigenvalue weighted by atomic mass is 35.5. The lowest BCUT2D eigenvalue weighted by atomic mass is 10.0. The molecule has 0 bridgehead atoms. The van der Waals surface area contributed by atoms with Crippen molar-refractivity contribution < 1.29 is 17.9 Å². The molecule has 0 atom stereocenters. The summed E-state index contributed by atoms with van der Waals surface area (Å²) in [6.07, 6.45) is -1.83. The third-order valence-electron chi connectivity index (χ3n) is 7.24. The van der Waals surface area contributed by atoms with E-state index in [0.29, 0.717) is 16.6 Å². The molecule has 0 spiro atoms. The molecule has 0 unspecified atom stereocenters. The molecular weight excluding hydrogens is 596 g/mol. The first-order chi connectivity index (χ1) is 19.2. The third kappa shape index (κ3) is 7.89. The van der Waals surface area contributed by atoms with Gasteiger partial charge >= 0.3 is 6.36 Å². The summed E-state index contributed by atoms with van der Waals surface area (Å²) < 4.78 is 44.1. The highest BCUT2D eigenvalue weighted by Crippen LogP contribution is 2.34. The quantitative estimate of drug-likeness (QED) is 0.208. The molecule has 2 heterocycles. The lowest BCUT2D eigenvalue weighted by molar-refractivity contribution is -0.274. The topological polar surface area (TPSA) is 46.7 Å². The number of fused-ring (bicyclic) bond motifs is 1. The van der Waals surface area contributed by atoms with Gasteiger partial charge in [0.1, 0.15) is 5.75 Å². The van der Waals surface area contributed by atoms with Crippen LogP contribution < -0.4 is 10.5 Å². The molecular formula is C30H32Cl3F3N4O. The van der Waals surface area contributed by atoms with Crippen LogP contribution in [0.25, 0.3) is 22.0 Å². The molecule has 0 amide bonds. The van der Waals surface area contributed by atoms with Gasteiger partial charge in [-0.05, 0) is 60.0 Å². The second-order valence-electron chi connectivity index (χ2n) is 10.1. The Balaban J connectivity index is 0.00000387. The summed E-state index contributed by atoms with van der Waals surface area (Å²) in [5.41, 5.74) is 10.9. The predicted octanol–water partition coefficient (Wildman–Crippen LogP) is 7.60. The van der Waals surface area contributed by atoms with Gasteiger partial charge in [0.2, 0.25) is 0 Å². The molecule has 2 N–H and O–H groups in total. The van der Waals surface area contributed by atoms with E-state index >= 15 is 0 Å². The Morgan fingerprint density at radius 3 is 2.22 bits per heavy atom. The highest BCUT2D eigenvalue weighted by molar-refractivity contribution is 6.42. The fraction of sp³-hybridized carbons (Fsp3) is 0.333. The van der Waals surface area contributed by atoms with E-state index in [4.69, 9.17) is 28.9 Å². The van der Waals surface area contributed by atoms with Crippen molar-refractivity contribution in [1.29, 1.82) is 0 Å². The molecule has 220 valence electrons. The van der Waals surface area contributed by atoms with Crippen LogP contribution in [0.15, 0.2) is 66.9 Å². The Morgan fingerprint density at radius 2 is 1.56 bits per heavy atom. The molecule has 0 aliphatic carbocycles. The standard InChI is InChI=1S/C30H31Cl2F3N4O.ClH/c31-27-4-1-3-23(29(27)32)19-38-15-13-37(14-16-38)18-21-5-10-28-25(17-21)26(20-39(28)12-2-11-36)22-6-8-24(9-7-22)40-30(33,34)35;/h1,3-10,17,20H,2,11-16,18-19,36H2;1H. The number of nitrogens with zero attached hydrogens (tertiary/aromatic N) is 3. The maximum absolute atomic E-state index is 12.6. The van der Waals surface area contributed by atoms with Gasteiger partial charge in [0.05, 0.1) is 10.0 Å². The molecule has 1 aliphatic rings. The summed E-state index contributed by atoms with van der Waals surface area (Å²) in [6, 6.07) is 18.3. The van der Waals surface area contributed by atoms with Gasteiger partial charge in [-0.2, -0.15) is 0 Å². The first kappa shape index (κ1) is 31.5. The molecule has 5 rings (SSSR count). The Labute approximate surface area is 254 Å². The molecule has 5 nitrogen and oxygen atoms in total. The fourth-order valence-electron chi connectivity index (χ4n) is 5.23. The predicted molar refractivity (Wildman–Crippen MR) is 162 cm³/mol. The highest BCUT2D eigenvalue weighted by Gasteiger charge is 2.31. The SMILES string of the molecule is Cl.NCCCn1cc(-c2ccc(OC(F)(F)F)cc2)c2cc(CN3CCN(Cc4cccc(Cl)c4Cl)CC3)ccc21. The van der Waals surface area contributed by atoms with Crippen molar-refractivity contribution in [2.75, 3.05) is 32.7 Å². The van der Waals surface area contributed by atoms with Gasteiger partial charge in [0.25, 0.3) is 0 Å². The van der Waals surface area contributed by atoms with Crippen LogP contribution in [0.3, 0.4) is 0 Å². The fourth-order valence-corrected chi connectivity index (χ4v) is 5.61. The van der Waals surface area contributed by atoms with Crippen LogP contribution in [0.5, 0.6) is 5.75 Å². The van der Waals surface area contributed by atoms with Gasteiger partial charge in [-0.25, -0.2) is 0 Å². The van der Waals surface area contributed by atoms with Crippen LogP contribution in [-0.4, -0.2) is 53.5 Å². The summed E-state index contributed by atoms with van der Waals surface area (Å²) >= 11 is 12.6. The van der Waals surface area contributed by atoms with E-state index in [0.717, 1.165) is 79.8 Å². The molecule has 1 saturated heterocycles. The first-order valence-electron chi connectivity index (χ1n) is 13.3. The summed E-state index contributed by atoms with van der Waals surface area (Å²) in [5.74, 6) is -0.236. The Hall–Kier alpha value is -2.46. The van der Waals surface area contributed by atoms with Crippen LogP contribution in [-0.2, 0) is 19.6 Å². The Bertz CT molecular complexity index is 1450. The zero-order valence-corrected chi connectivity index (χ0v) is 24.7. The van der Waals surface area contributed by atoms with Crippen LogP contribution in [0.2, 0.25) is 10.0 Å². The normalized spacial score (nSPS) is 14.8. The van der Waals surface area contributed by atoms with E-state index in [9.17, 15) is 13.2 Å². The van der Waals surface area contributed by atoms with Gasteiger partial charge in [0.15, 0.2) is 0 Å². The van der Waals surface area contributed by atoms with E-state index in [1.54, 1.807) is 18.2 Å². The maximum atomic E-state index is 12.6. The van der Waals surface area contributed by atoms with E-state index in [2.05, 4.69) is 43.5 Å². The number of piperazine rings is 1. The molecule has 4 aromatic rings. The number of halogens is 6. The van der Waals surface area contributed by atoms with Crippen molar-refractivity contribution in [2.24, 2.45) is 5.73 Å². The molecule has 1 fully saturated rings. The lowest BCUT2D eigenvalue weighted by Gasteiger charge is -2.35. The van der Waals surface area contributed by atoms with Gasteiger partial charge in [-0.1, -0.05) is 53.5 Å². The van der Waals surface area contributed by atoms with Crippen molar-refractivity contribution in [3.8, 4) is 16.9 Å². The largest absolute Gasteiger partial charge is 0.573 e. The summed E-state index contributed by atoms with van der Waals surface area (Å²) in [5, 5.41) is 2.26. The van der Waals surface area contributed by atoms with Crippen molar-refractivity contribution in [3.05, 3.63) is 88.0 Å². The number of hydrogen-bond acceptors (Lipinski definition) is 4. The van der Waals surface area contributed by atoms with Gasteiger partial charge in [0, 0.05) is 68.5 Å². The average Bonchev–Trinajstić information content (AvgIpc) is 3.28. The molecule has 1 aliphatic heterocycles. The molecule has 0 saturated carbocycles. The summed E-state index contributed by atoms with van der Waals surface area (Å²) in [7, 11) is 0. The van der Waals surface area contributed by atoms with E-state index in [1.807, 2.05) is 12.1 Å². The van der Waals surface area contributed by atoms with E-state index in [-0.39, 0.29) is 18.2 Å². The second kappa shape index (κ2) is 13.7. The summed E-state index contributed by atoms with van der Waals surface area (Å²) in [4.78, 5) is 4.82. The van der Waals surface area contributed by atoms with Crippen molar-refractivity contribution in [3.63, 3.8) is 0 Å². The molecule has 11 heteroatoms. The van der Waals surface area contributed by atoms with Gasteiger partial charge in [-0.15, -0.1) is 25.6 Å². The van der Waals surface area contributed by atoms with E-state index < -0.39 is 6.36 Å². The van der Waals surface area contributed by atoms with Crippen LogP contribution in [0.4, 0.5) is 13.2 Å². The molecule has 1 aromatic heterocycles. The Morgan fingerprint density at radius 1 is 0.878 bits per heavy atom. The smallest absolute Gasteiger partial charge is 0.406 e. The van der Waals surface area contributed by atoms with Crippen LogP contribution in [0, 0.1) is 0 Å². The monoisotopic (exact) mass is 626 g/mol. The number of nitrogens with two attached hydrogens (primary N) is 1. The minimum atomic E-state index is -4.72. The van der Waals surface area contributed by atoms with Crippen LogP contribution in [0.1, 0.15) is 17.5 Å². The molecule has 0 radical (unpaired) electrons. The maximum Gasteiger partial charge on any atom is 0.573 e. The number of alkyl halides is 3. The average molecular weight is 628 g/mol. The second-order valence-corrected chi connectivity index (χ2v) is 10.9. The number of aromatic nitrogens is 1. The minimum Gasteiger partial charge on any atom is -0.406 e. The molecule has 3 aromatic carbocycles. The molecule has 41 heavy (non-hydrogen) atoms. The zero-order valence-electron chi connectivity index (χ0n) is 22.3. The van der Waals surface area contributed by atoms with Crippen molar-refractivity contribution in [1.82, 2.24) is 14.4 Å². The van der Waals surface area contributed by atoms with Gasteiger partial charge in [-0.3, -0.25) is 9.80 Å². The van der Waals surface area contributed by atoms with Crippen LogP contribution >= 0.6 is 35.6 Å². The number of ether oxygens (including phenoxy) is 1.